The average molecular weight is 278 g/mol. The highest BCUT2D eigenvalue weighted by atomic mass is 35.5. The average Bonchev–Trinajstić information content (AvgIpc) is 2.32. The summed E-state index contributed by atoms with van der Waals surface area (Å²) < 4.78 is 30.2. The van der Waals surface area contributed by atoms with Gasteiger partial charge in [0.2, 0.25) is 0 Å². The maximum atomic E-state index is 13.0. The molecule has 0 saturated carbocycles. The Kier molecular flexibility index (Phi) is 4.61. The van der Waals surface area contributed by atoms with Crippen molar-refractivity contribution in [1.82, 2.24) is 5.32 Å². The summed E-state index contributed by atoms with van der Waals surface area (Å²) in [5.74, 6) is -3.81. The van der Waals surface area contributed by atoms with Gasteiger partial charge in [0.15, 0.2) is 11.6 Å². The number of esters is 1. The predicted octanol–water partition coefficient (Wildman–Crippen LogP) is 1.91. The molecule has 1 aromatic carbocycles. The molecule has 4 nitrogen and oxygen atoms in total. The van der Waals surface area contributed by atoms with E-state index in [2.05, 4.69) is 10.1 Å². The predicted molar refractivity (Wildman–Crippen MR) is 60.3 cm³/mol. The molecule has 1 rings (SSSR count). The molecule has 98 valence electrons. The summed E-state index contributed by atoms with van der Waals surface area (Å²) in [5.41, 5.74) is -0.258. The molecule has 0 aromatic heterocycles. The standard InChI is InChI=1S/C11H10ClF2NO3/c1-5(11(17)18-2)15-10(16)6-3-8(13)9(14)4-7(6)12/h3-5H,1-2H3,(H,15,16). The van der Waals surface area contributed by atoms with Crippen molar-refractivity contribution in [2.45, 2.75) is 13.0 Å². The molecule has 1 N–H and O–H groups in total. The van der Waals surface area contributed by atoms with Gasteiger partial charge in [-0.25, -0.2) is 13.6 Å². The van der Waals surface area contributed by atoms with Crippen LogP contribution in [0.3, 0.4) is 0 Å². The van der Waals surface area contributed by atoms with Crippen LogP contribution in [0.25, 0.3) is 0 Å². The second-order valence-electron chi connectivity index (χ2n) is 3.46. The molecule has 0 spiro atoms. The summed E-state index contributed by atoms with van der Waals surface area (Å²) in [6.45, 7) is 1.39. The van der Waals surface area contributed by atoms with Crippen molar-refractivity contribution in [3.8, 4) is 0 Å². The molecule has 0 fully saturated rings. The highest BCUT2D eigenvalue weighted by molar-refractivity contribution is 6.33. The quantitative estimate of drug-likeness (QED) is 0.678. The van der Waals surface area contributed by atoms with Crippen molar-refractivity contribution in [3.63, 3.8) is 0 Å². The highest BCUT2D eigenvalue weighted by Gasteiger charge is 2.20. The molecular weight excluding hydrogens is 268 g/mol. The van der Waals surface area contributed by atoms with Crippen LogP contribution in [0.4, 0.5) is 8.78 Å². The highest BCUT2D eigenvalue weighted by Crippen LogP contribution is 2.20. The molecule has 0 aliphatic carbocycles. The first kappa shape index (κ1) is 14.4. The number of ether oxygens (including phenoxy) is 1. The van der Waals surface area contributed by atoms with E-state index >= 15 is 0 Å². The zero-order chi connectivity index (χ0) is 13.9. The number of methoxy groups -OCH3 is 1. The van der Waals surface area contributed by atoms with Crippen LogP contribution in [0.5, 0.6) is 0 Å². The van der Waals surface area contributed by atoms with Crippen LogP contribution in [0.15, 0.2) is 12.1 Å². The third kappa shape index (κ3) is 3.16. The first-order valence-electron chi connectivity index (χ1n) is 4.90. The van der Waals surface area contributed by atoms with E-state index in [0.717, 1.165) is 7.11 Å². The van der Waals surface area contributed by atoms with Crippen molar-refractivity contribution in [3.05, 3.63) is 34.4 Å². The van der Waals surface area contributed by atoms with Crippen LogP contribution in [-0.2, 0) is 9.53 Å². The third-order valence-electron chi connectivity index (χ3n) is 2.16. The Labute approximate surface area is 107 Å². The molecule has 0 heterocycles. The smallest absolute Gasteiger partial charge is 0.328 e. The molecule has 7 heteroatoms. The number of amides is 1. The van der Waals surface area contributed by atoms with Gasteiger partial charge in [0, 0.05) is 0 Å². The van der Waals surface area contributed by atoms with Gasteiger partial charge in [-0.2, -0.15) is 0 Å². The fraction of sp³-hybridized carbons (Fsp3) is 0.273. The van der Waals surface area contributed by atoms with Gasteiger partial charge in [0.05, 0.1) is 17.7 Å². The fourth-order valence-electron chi connectivity index (χ4n) is 1.21. The van der Waals surface area contributed by atoms with Gasteiger partial charge >= 0.3 is 5.97 Å². The van der Waals surface area contributed by atoms with Gasteiger partial charge in [-0.15, -0.1) is 0 Å². The van der Waals surface area contributed by atoms with Crippen molar-refractivity contribution in [2.75, 3.05) is 7.11 Å². The lowest BCUT2D eigenvalue weighted by atomic mass is 10.2. The largest absolute Gasteiger partial charge is 0.467 e. The Bertz CT molecular complexity index is 493. The Hall–Kier alpha value is -1.69. The van der Waals surface area contributed by atoms with Gasteiger partial charge in [-0.1, -0.05) is 11.6 Å². The van der Waals surface area contributed by atoms with Crippen LogP contribution in [0.1, 0.15) is 17.3 Å². The molecule has 18 heavy (non-hydrogen) atoms. The van der Waals surface area contributed by atoms with Crippen LogP contribution >= 0.6 is 11.6 Å². The van der Waals surface area contributed by atoms with E-state index in [0.29, 0.717) is 12.1 Å². The third-order valence-corrected chi connectivity index (χ3v) is 2.47. The number of benzene rings is 1. The van der Waals surface area contributed by atoms with Gasteiger partial charge in [-0.05, 0) is 19.1 Å². The Morgan fingerprint density at radius 1 is 1.33 bits per heavy atom. The van der Waals surface area contributed by atoms with Crippen molar-refractivity contribution >= 4 is 23.5 Å². The normalized spacial score (nSPS) is 11.8. The summed E-state index contributed by atoms with van der Waals surface area (Å²) in [5, 5.41) is 2.00. The summed E-state index contributed by atoms with van der Waals surface area (Å²) in [7, 11) is 1.16. The van der Waals surface area contributed by atoms with Gasteiger partial charge < -0.3 is 10.1 Å². The molecule has 0 aliphatic heterocycles. The summed E-state index contributed by atoms with van der Waals surface area (Å²) in [6, 6.07) is 0.428. The maximum absolute atomic E-state index is 13.0. The second kappa shape index (κ2) is 5.77. The molecule has 1 aromatic rings. The van der Waals surface area contributed by atoms with E-state index in [1.54, 1.807) is 0 Å². The first-order chi connectivity index (χ1) is 8.36. The molecule has 0 aliphatic rings. The lowest BCUT2D eigenvalue weighted by molar-refractivity contribution is -0.142. The van der Waals surface area contributed by atoms with E-state index < -0.39 is 29.6 Å². The number of carbonyl (C=O) groups excluding carboxylic acids is 2. The number of halogens is 3. The first-order valence-corrected chi connectivity index (χ1v) is 5.27. The second-order valence-corrected chi connectivity index (χ2v) is 3.87. The summed E-state index contributed by atoms with van der Waals surface area (Å²) in [6.07, 6.45) is 0. The zero-order valence-corrected chi connectivity index (χ0v) is 10.3. The molecule has 0 bridgehead atoms. The Morgan fingerprint density at radius 2 is 1.89 bits per heavy atom. The SMILES string of the molecule is COC(=O)C(C)NC(=O)c1cc(F)c(F)cc1Cl. The van der Waals surface area contributed by atoms with Crippen molar-refractivity contribution < 1.29 is 23.1 Å². The molecule has 1 amide bonds. The maximum Gasteiger partial charge on any atom is 0.328 e. The monoisotopic (exact) mass is 277 g/mol. The number of rotatable bonds is 3. The minimum atomic E-state index is -1.20. The van der Waals surface area contributed by atoms with E-state index in [4.69, 9.17) is 11.6 Å². The fourth-order valence-corrected chi connectivity index (χ4v) is 1.44. The topological polar surface area (TPSA) is 55.4 Å². The van der Waals surface area contributed by atoms with Crippen LogP contribution in [0, 0.1) is 11.6 Å². The van der Waals surface area contributed by atoms with Crippen LogP contribution in [0.2, 0.25) is 5.02 Å². The Morgan fingerprint density at radius 3 is 2.44 bits per heavy atom. The van der Waals surface area contributed by atoms with E-state index in [-0.39, 0.29) is 10.6 Å². The van der Waals surface area contributed by atoms with E-state index in [1.165, 1.54) is 6.92 Å². The van der Waals surface area contributed by atoms with Gasteiger partial charge in [0.1, 0.15) is 6.04 Å². The van der Waals surface area contributed by atoms with Crippen LogP contribution in [-0.4, -0.2) is 25.0 Å². The minimum Gasteiger partial charge on any atom is -0.467 e. The molecule has 0 radical (unpaired) electrons. The van der Waals surface area contributed by atoms with Crippen molar-refractivity contribution in [1.29, 1.82) is 0 Å². The zero-order valence-electron chi connectivity index (χ0n) is 9.59. The van der Waals surface area contributed by atoms with Crippen molar-refractivity contribution in [2.24, 2.45) is 0 Å². The number of carbonyl (C=O) groups is 2. The Balaban J connectivity index is 2.91. The lowest BCUT2D eigenvalue weighted by Crippen LogP contribution is -2.39. The summed E-state index contributed by atoms with van der Waals surface area (Å²) >= 11 is 5.61. The number of hydrogen-bond acceptors (Lipinski definition) is 3. The molecule has 0 saturated heterocycles. The summed E-state index contributed by atoms with van der Waals surface area (Å²) in [4.78, 5) is 22.7. The van der Waals surface area contributed by atoms with Crippen LogP contribution < -0.4 is 5.32 Å². The number of hydrogen-bond donors (Lipinski definition) is 1. The van der Waals surface area contributed by atoms with Gasteiger partial charge in [0.25, 0.3) is 5.91 Å². The molecule has 1 unspecified atom stereocenters. The lowest BCUT2D eigenvalue weighted by Gasteiger charge is -2.12. The minimum absolute atomic E-state index is 0.247. The van der Waals surface area contributed by atoms with Gasteiger partial charge in [-0.3, -0.25) is 4.79 Å². The number of nitrogens with one attached hydrogen (secondary N) is 1. The van der Waals surface area contributed by atoms with E-state index in [9.17, 15) is 18.4 Å². The van der Waals surface area contributed by atoms with E-state index in [1.807, 2.05) is 0 Å². The molecule has 1 atom stereocenters. The molecular formula is C11H10ClF2NO3.